The lowest BCUT2D eigenvalue weighted by molar-refractivity contribution is 0.0696. The van der Waals surface area contributed by atoms with Crippen molar-refractivity contribution in [3.63, 3.8) is 0 Å². The van der Waals surface area contributed by atoms with E-state index in [9.17, 15) is 23.1 Å². The minimum atomic E-state index is -4.06. The molecule has 0 radical (unpaired) electrons. The number of ether oxygens (including phenoxy) is 1. The molecule has 0 fully saturated rings. The molecular weight excluding hydrogens is 468 g/mol. The first-order valence-electron chi connectivity index (χ1n) is 10.8. The van der Waals surface area contributed by atoms with Crippen LogP contribution in [-0.4, -0.2) is 35.1 Å². The fourth-order valence-corrected chi connectivity index (χ4v) is 5.25. The molecule has 0 atom stereocenters. The summed E-state index contributed by atoms with van der Waals surface area (Å²) < 4.78 is 34.9. The van der Waals surface area contributed by atoms with Gasteiger partial charge in [-0.1, -0.05) is 29.8 Å². The van der Waals surface area contributed by atoms with Crippen LogP contribution < -0.4 is 10.3 Å². The highest BCUT2D eigenvalue weighted by atomic mass is 32.2. The molecule has 2 aromatic carbocycles. The van der Waals surface area contributed by atoms with Gasteiger partial charge in [0.15, 0.2) is 0 Å². The van der Waals surface area contributed by atoms with Crippen molar-refractivity contribution in [3.05, 3.63) is 94.6 Å². The number of carboxylic acids is 1. The zero-order valence-corrected chi connectivity index (χ0v) is 20.2. The molecule has 0 aliphatic rings. The van der Waals surface area contributed by atoms with Crippen LogP contribution in [0.2, 0.25) is 0 Å². The summed E-state index contributed by atoms with van der Waals surface area (Å²) in [6.07, 6.45) is 6.57. The van der Waals surface area contributed by atoms with Crippen molar-refractivity contribution in [3.8, 4) is 16.9 Å². The van der Waals surface area contributed by atoms with E-state index in [0.717, 1.165) is 9.54 Å². The number of pyridine rings is 1. The summed E-state index contributed by atoms with van der Waals surface area (Å²) in [5.41, 5.74) is 1.55. The number of rotatable bonds is 7. The monoisotopic (exact) mass is 492 g/mol. The molecule has 35 heavy (non-hydrogen) atoms. The standard InChI is InChI=1S/C26H24N2O6S/c1-4-5-13-27-16-22(20-11-8-18(26(30)31)15-23(20)34-3)21-12-14-28(24(21)25(27)29)35(32,33)19-9-6-17(2)7-10-19/h4-12,14-16H,13H2,1-3H3,(H,30,31)/b5-4+. The number of carbonyl (C=O) groups is 1. The number of aromatic nitrogens is 2. The van der Waals surface area contributed by atoms with Gasteiger partial charge in [-0.25, -0.2) is 17.2 Å². The van der Waals surface area contributed by atoms with Crippen LogP contribution in [0, 0.1) is 6.92 Å². The van der Waals surface area contributed by atoms with Gasteiger partial charge in [0, 0.05) is 35.5 Å². The zero-order valence-electron chi connectivity index (χ0n) is 19.4. The maximum absolute atomic E-state index is 13.5. The van der Waals surface area contributed by atoms with Crippen LogP contribution in [-0.2, 0) is 16.6 Å². The van der Waals surface area contributed by atoms with Crippen molar-refractivity contribution >= 4 is 26.9 Å². The third kappa shape index (κ3) is 4.26. The highest BCUT2D eigenvalue weighted by molar-refractivity contribution is 7.90. The van der Waals surface area contributed by atoms with E-state index in [4.69, 9.17) is 4.74 Å². The summed E-state index contributed by atoms with van der Waals surface area (Å²) in [5.74, 6) is -0.815. The van der Waals surface area contributed by atoms with E-state index in [0.29, 0.717) is 16.5 Å². The molecule has 0 aliphatic carbocycles. The summed E-state index contributed by atoms with van der Waals surface area (Å²) >= 11 is 0. The Morgan fingerprint density at radius 1 is 1.09 bits per heavy atom. The van der Waals surface area contributed by atoms with Gasteiger partial charge in [-0.2, -0.15) is 0 Å². The third-order valence-electron chi connectivity index (χ3n) is 5.74. The number of allylic oxidation sites excluding steroid dienone is 2. The molecule has 180 valence electrons. The second-order valence-corrected chi connectivity index (χ2v) is 9.80. The number of hydrogen-bond donors (Lipinski definition) is 1. The lowest BCUT2D eigenvalue weighted by atomic mass is 10.0. The first kappa shape index (κ1) is 24.0. The number of benzene rings is 2. The van der Waals surface area contributed by atoms with E-state index in [1.54, 1.807) is 42.6 Å². The first-order valence-corrected chi connectivity index (χ1v) is 12.2. The van der Waals surface area contributed by atoms with Crippen LogP contribution in [0.3, 0.4) is 0 Å². The molecule has 4 aromatic rings. The van der Waals surface area contributed by atoms with Crippen LogP contribution in [0.15, 0.2) is 82.8 Å². The van der Waals surface area contributed by atoms with Gasteiger partial charge in [0.25, 0.3) is 15.6 Å². The minimum Gasteiger partial charge on any atom is -0.496 e. The fraction of sp³-hybridized carbons (Fsp3) is 0.154. The number of methoxy groups -OCH3 is 1. The van der Waals surface area contributed by atoms with Crippen LogP contribution in [0.4, 0.5) is 0 Å². The molecule has 8 nitrogen and oxygen atoms in total. The number of hydrogen-bond acceptors (Lipinski definition) is 5. The highest BCUT2D eigenvalue weighted by Crippen LogP contribution is 2.36. The molecule has 0 unspecified atom stereocenters. The second-order valence-electron chi connectivity index (χ2n) is 7.98. The van der Waals surface area contributed by atoms with Crippen molar-refractivity contribution < 1.29 is 23.1 Å². The van der Waals surface area contributed by atoms with E-state index < -0.39 is 21.6 Å². The Morgan fingerprint density at radius 2 is 1.80 bits per heavy atom. The van der Waals surface area contributed by atoms with E-state index in [-0.39, 0.29) is 28.3 Å². The molecule has 0 saturated heterocycles. The largest absolute Gasteiger partial charge is 0.496 e. The Balaban J connectivity index is 2.05. The normalized spacial score (nSPS) is 11.9. The van der Waals surface area contributed by atoms with Gasteiger partial charge in [-0.05, 0) is 50.2 Å². The quantitative estimate of drug-likeness (QED) is 0.386. The van der Waals surface area contributed by atoms with Gasteiger partial charge in [0.1, 0.15) is 11.3 Å². The predicted molar refractivity (Wildman–Crippen MR) is 134 cm³/mol. The molecule has 0 bridgehead atoms. The summed E-state index contributed by atoms with van der Waals surface area (Å²) in [5, 5.41) is 9.76. The predicted octanol–water partition coefficient (Wildman–Crippen LogP) is 4.30. The van der Waals surface area contributed by atoms with Gasteiger partial charge >= 0.3 is 5.97 Å². The lowest BCUT2D eigenvalue weighted by Gasteiger charge is -2.14. The van der Waals surface area contributed by atoms with Crippen LogP contribution >= 0.6 is 0 Å². The lowest BCUT2D eigenvalue weighted by Crippen LogP contribution is -2.24. The average Bonchev–Trinajstić information content (AvgIpc) is 3.30. The molecule has 2 aromatic heterocycles. The van der Waals surface area contributed by atoms with Gasteiger partial charge in [-0.15, -0.1) is 0 Å². The molecule has 1 N–H and O–H groups in total. The molecule has 9 heteroatoms. The highest BCUT2D eigenvalue weighted by Gasteiger charge is 2.24. The Kier molecular flexibility index (Phi) is 6.36. The van der Waals surface area contributed by atoms with E-state index in [1.807, 2.05) is 13.8 Å². The molecule has 0 saturated carbocycles. The Morgan fingerprint density at radius 3 is 2.43 bits per heavy atom. The van der Waals surface area contributed by atoms with Crippen LogP contribution in [0.25, 0.3) is 22.0 Å². The fourth-order valence-electron chi connectivity index (χ4n) is 3.90. The Hall–Kier alpha value is -4.11. The van der Waals surface area contributed by atoms with Crippen molar-refractivity contribution in [1.82, 2.24) is 8.54 Å². The summed E-state index contributed by atoms with van der Waals surface area (Å²) in [6.45, 7) is 3.91. The Bertz CT molecular complexity index is 1630. The summed E-state index contributed by atoms with van der Waals surface area (Å²) in [6, 6.07) is 12.4. The van der Waals surface area contributed by atoms with Gasteiger partial charge in [-0.3, -0.25) is 4.79 Å². The smallest absolute Gasteiger partial charge is 0.335 e. The molecule has 4 rings (SSSR count). The number of aryl methyl sites for hydroxylation is 1. The van der Waals surface area contributed by atoms with Crippen molar-refractivity contribution in [2.45, 2.75) is 25.3 Å². The van der Waals surface area contributed by atoms with Crippen molar-refractivity contribution in [2.75, 3.05) is 7.11 Å². The SMILES string of the molecule is C/C=C/Cn1cc(-c2ccc(C(=O)O)cc2OC)c2ccn(S(=O)(=O)c3ccc(C)cc3)c2c1=O. The van der Waals surface area contributed by atoms with Crippen molar-refractivity contribution in [2.24, 2.45) is 0 Å². The molecule has 2 heterocycles. The van der Waals surface area contributed by atoms with Gasteiger partial charge < -0.3 is 14.4 Å². The molecule has 0 amide bonds. The van der Waals surface area contributed by atoms with Gasteiger partial charge in [0.2, 0.25) is 0 Å². The zero-order chi connectivity index (χ0) is 25.3. The van der Waals surface area contributed by atoms with Crippen LogP contribution in [0.5, 0.6) is 5.75 Å². The maximum Gasteiger partial charge on any atom is 0.335 e. The van der Waals surface area contributed by atoms with E-state index >= 15 is 0 Å². The molecule has 0 spiro atoms. The average molecular weight is 493 g/mol. The van der Waals surface area contributed by atoms with E-state index in [2.05, 4.69) is 0 Å². The van der Waals surface area contributed by atoms with Crippen LogP contribution in [0.1, 0.15) is 22.8 Å². The second kappa shape index (κ2) is 9.27. The van der Waals surface area contributed by atoms with E-state index in [1.165, 1.54) is 42.1 Å². The minimum absolute atomic E-state index is 0.00283. The molecule has 0 aliphatic heterocycles. The number of fused-ring (bicyclic) bond motifs is 1. The summed E-state index contributed by atoms with van der Waals surface area (Å²) in [7, 11) is -2.63. The van der Waals surface area contributed by atoms with Gasteiger partial charge in [0.05, 0.1) is 17.6 Å². The number of aromatic carboxylic acids is 1. The Labute approximate surface area is 202 Å². The topological polar surface area (TPSA) is 108 Å². The first-order chi connectivity index (χ1) is 16.7. The molecular formula is C26H24N2O6S. The van der Waals surface area contributed by atoms with Crippen molar-refractivity contribution in [1.29, 1.82) is 0 Å². The number of nitrogens with zero attached hydrogens (tertiary/aromatic N) is 2. The maximum atomic E-state index is 13.5. The number of carboxylic acid groups (broad SMARTS) is 1. The third-order valence-corrected chi connectivity index (χ3v) is 7.43. The summed E-state index contributed by atoms with van der Waals surface area (Å²) in [4.78, 5) is 25.0.